The topological polar surface area (TPSA) is 104 Å². The Balaban J connectivity index is 1.60. The van der Waals surface area contributed by atoms with E-state index >= 15 is 0 Å². The average molecular weight is 553 g/mol. The summed E-state index contributed by atoms with van der Waals surface area (Å²) in [4.78, 5) is 9.56. The van der Waals surface area contributed by atoms with Gasteiger partial charge in [-0.2, -0.15) is 5.26 Å². The summed E-state index contributed by atoms with van der Waals surface area (Å²) in [5.74, 6) is -0.537. The van der Waals surface area contributed by atoms with Gasteiger partial charge in [0.1, 0.15) is 23.6 Å². The van der Waals surface area contributed by atoms with Gasteiger partial charge in [-0.1, -0.05) is 28.4 Å². The number of thiazole rings is 1. The minimum absolute atomic E-state index is 0.0379. The van der Waals surface area contributed by atoms with Gasteiger partial charge < -0.3 is 10.6 Å². The Morgan fingerprint density at radius 1 is 1.11 bits per heavy atom. The Bertz CT molecular complexity index is 1630. The highest BCUT2D eigenvalue weighted by Gasteiger charge is 2.22. The number of halogens is 3. The maximum absolute atomic E-state index is 13.7. The van der Waals surface area contributed by atoms with Gasteiger partial charge in [0.25, 0.3) is 0 Å². The predicted octanol–water partition coefficient (Wildman–Crippen LogP) is 7.13. The minimum Gasteiger partial charge on any atom is -0.372 e. The van der Waals surface area contributed by atoms with Crippen LogP contribution >= 0.6 is 34.5 Å². The Morgan fingerprint density at radius 3 is 2.59 bits per heavy atom. The quantitative estimate of drug-likeness (QED) is 0.221. The summed E-state index contributed by atoms with van der Waals surface area (Å²) in [5, 5.41) is 26.0. The fourth-order valence-electron chi connectivity index (χ4n) is 3.78. The predicted molar refractivity (Wildman–Crippen MR) is 144 cm³/mol. The van der Waals surface area contributed by atoms with Gasteiger partial charge in [0.05, 0.1) is 43.4 Å². The van der Waals surface area contributed by atoms with Crippen molar-refractivity contribution < 1.29 is 4.39 Å². The van der Waals surface area contributed by atoms with Gasteiger partial charge >= 0.3 is 0 Å². The third-order valence-electron chi connectivity index (χ3n) is 5.63. The lowest BCUT2D eigenvalue weighted by Gasteiger charge is -2.18. The van der Waals surface area contributed by atoms with Crippen LogP contribution in [0.3, 0.4) is 0 Å². The van der Waals surface area contributed by atoms with Crippen LogP contribution in [0.2, 0.25) is 10.0 Å². The highest BCUT2D eigenvalue weighted by Crippen LogP contribution is 2.37. The molecule has 0 aliphatic rings. The molecule has 0 fully saturated rings. The molecule has 5 aromatic rings. The van der Waals surface area contributed by atoms with Gasteiger partial charge in [-0.15, -0.1) is 16.4 Å². The van der Waals surface area contributed by atoms with Crippen molar-refractivity contribution in [1.82, 2.24) is 25.0 Å². The minimum atomic E-state index is -0.537. The van der Waals surface area contributed by atoms with Crippen LogP contribution in [0.4, 0.5) is 21.5 Å². The number of pyridine rings is 1. The van der Waals surface area contributed by atoms with Gasteiger partial charge in [0, 0.05) is 35.2 Å². The zero-order chi connectivity index (χ0) is 26.1. The lowest BCUT2D eigenvalue weighted by atomic mass is 10.1. The highest BCUT2D eigenvalue weighted by atomic mass is 35.5. The normalized spacial score (nSPS) is 12.0. The SMILES string of the molecule is CC(C)n1cc(C(Nc2cc(Cl)c3ncc(C#N)c(Nc4ccc(F)c(Cl)c4)c3c2)c2cncs2)nn1. The van der Waals surface area contributed by atoms with E-state index in [4.69, 9.17) is 23.2 Å². The first-order chi connectivity index (χ1) is 17.8. The maximum atomic E-state index is 13.7. The van der Waals surface area contributed by atoms with Crippen LogP contribution in [0.15, 0.2) is 54.4 Å². The molecular weight excluding hydrogens is 534 g/mol. The molecule has 3 aromatic heterocycles. The lowest BCUT2D eigenvalue weighted by Crippen LogP contribution is -2.12. The largest absolute Gasteiger partial charge is 0.372 e. The van der Waals surface area contributed by atoms with Crippen LogP contribution in [0.1, 0.15) is 42.1 Å². The number of hydrogen-bond acceptors (Lipinski definition) is 8. The van der Waals surface area contributed by atoms with Crippen molar-refractivity contribution >= 4 is 62.5 Å². The summed E-state index contributed by atoms with van der Waals surface area (Å²) in [6, 6.07) is 9.83. The van der Waals surface area contributed by atoms with Crippen LogP contribution in [-0.2, 0) is 0 Å². The zero-order valence-corrected chi connectivity index (χ0v) is 21.9. The lowest BCUT2D eigenvalue weighted by molar-refractivity contribution is 0.514. The molecule has 0 bridgehead atoms. The molecule has 1 unspecified atom stereocenters. The van der Waals surface area contributed by atoms with Gasteiger partial charge in [0.2, 0.25) is 0 Å². The second-order valence-corrected chi connectivity index (χ2v) is 10.2. The molecule has 0 aliphatic heterocycles. The molecular formula is C25H19Cl2FN8S. The molecule has 12 heteroatoms. The first-order valence-electron chi connectivity index (χ1n) is 11.1. The molecule has 2 N–H and O–H groups in total. The van der Waals surface area contributed by atoms with Crippen molar-refractivity contribution in [2.24, 2.45) is 0 Å². The van der Waals surface area contributed by atoms with E-state index < -0.39 is 5.82 Å². The van der Waals surface area contributed by atoms with Crippen molar-refractivity contribution in [3.8, 4) is 6.07 Å². The van der Waals surface area contributed by atoms with Crippen LogP contribution in [0.5, 0.6) is 0 Å². The van der Waals surface area contributed by atoms with E-state index in [1.807, 2.05) is 26.1 Å². The third kappa shape index (κ3) is 5.06. The molecule has 0 aliphatic carbocycles. The molecule has 0 amide bonds. The Hall–Kier alpha value is -3.78. The molecule has 0 radical (unpaired) electrons. The molecule has 0 saturated carbocycles. The van der Waals surface area contributed by atoms with Gasteiger partial charge in [-0.05, 0) is 44.2 Å². The molecule has 8 nitrogen and oxygen atoms in total. The van der Waals surface area contributed by atoms with E-state index in [9.17, 15) is 9.65 Å². The number of hydrogen-bond donors (Lipinski definition) is 2. The zero-order valence-electron chi connectivity index (χ0n) is 19.6. The van der Waals surface area contributed by atoms with Crippen LogP contribution in [-0.4, -0.2) is 25.0 Å². The van der Waals surface area contributed by atoms with Crippen LogP contribution < -0.4 is 10.6 Å². The molecule has 186 valence electrons. The number of fused-ring (bicyclic) bond motifs is 1. The molecule has 2 aromatic carbocycles. The Kier molecular flexibility index (Phi) is 6.93. The fraction of sp³-hybridized carbons (Fsp3) is 0.160. The van der Waals surface area contributed by atoms with E-state index in [2.05, 4.69) is 37.0 Å². The number of aromatic nitrogens is 5. The fourth-order valence-corrected chi connectivity index (χ4v) is 4.91. The summed E-state index contributed by atoms with van der Waals surface area (Å²) >= 11 is 14.1. The number of nitrogens with zero attached hydrogens (tertiary/aromatic N) is 6. The summed E-state index contributed by atoms with van der Waals surface area (Å²) in [5.41, 5.74) is 4.92. The molecule has 37 heavy (non-hydrogen) atoms. The van der Waals surface area contributed by atoms with Crippen LogP contribution in [0, 0.1) is 17.1 Å². The smallest absolute Gasteiger partial charge is 0.141 e. The second-order valence-electron chi connectivity index (χ2n) is 8.47. The number of nitrogens with one attached hydrogen (secondary N) is 2. The number of nitriles is 1. The van der Waals surface area contributed by atoms with Crippen LogP contribution in [0.25, 0.3) is 10.9 Å². The molecule has 0 spiro atoms. The molecule has 0 saturated heterocycles. The van der Waals surface area contributed by atoms with Crippen molar-refractivity contribution in [3.05, 3.63) is 86.4 Å². The molecule has 1 atom stereocenters. The second kappa shape index (κ2) is 10.3. The van der Waals surface area contributed by atoms with E-state index in [-0.39, 0.29) is 17.1 Å². The average Bonchev–Trinajstić information content (AvgIpc) is 3.58. The Morgan fingerprint density at radius 2 is 1.92 bits per heavy atom. The van der Waals surface area contributed by atoms with Crippen molar-refractivity contribution in [3.63, 3.8) is 0 Å². The van der Waals surface area contributed by atoms with E-state index in [1.54, 1.807) is 22.5 Å². The van der Waals surface area contributed by atoms with E-state index in [1.165, 1.54) is 35.7 Å². The Labute approximate surface area is 225 Å². The first-order valence-corrected chi connectivity index (χ1v) is 12.8. The summed E-state index contributed by atoms with van der Waals surface area (Å²) in [6.45, 7) is 4.05. The standard InChI is InChI=1S/C25H19Cl2FN8S/c1-13(2)36-11-21(34-35-36)25(22-10-30-12-37-22)33-16-5-17-23(32-15-3-4-20(28)18(26)6-15)14(8-29)9-31-24(17)19(27)7-16/h3-7,9-13,25,33H,1-2H3,(H,31,32). The summed E-state index contributed by atoms with van der Waals surface area (Å²) < 4.78 is 15.5. The highest BCUT2D eigenvalue weighted by molar-refractivity contribution is 7.09. The first kappa shape index (κ1) is 24.9. The number of benzene rings is 2. The maximum Gasteiger partial charge on any atom is 0.141 e. The number of rotatable bonds is 7. The monoisotopic (exact) mass is 552 g/mol. The van der Waals surface area contributed by atoms with Gasteiger partial charge in [-0.3, -0.25) is 9.97 Å². The van der Waals surface area contributed by atoms with Crippen molar-refractivity contribution in [2.75, 3.05) is 10.6 Å². The van der Waals surface area contributed by atoms with Crippen molar-refractivity contribution in [2.45, 2.75) is 25.9 Å². The van der Waals surface area contributed by atoms with Crippen molar-refractivity contribution in [1.29, 1.82) is 5.26 Å². The summed E-state index contributed by atoms with van der Waals surface area (Å²) in [6.07, 6.45) is 5.12. The van der Waals surface area contributed by atoms with E-state index in [0.29, 0.717) is 38.6 Å². The molecule has 5 rings (SSSR count). The van der Waals surface area contributed by atoms with Gasteiger partial charge in [0.15, 0.2) is 0 Å². The van der Waals surface area contributed by atoms with E-state index in [0.717, 1.165) is 10.6 Å². The number of anilines is 3. The molecule has 3 heterocycles. The summed E-state index contributed by atoms with van der Waals surface area (Å²) in [7, 11) is 0. The third-order valence-corrected chi connectivity index (χ3v) is 7.05. The van der Waals surface area contributed by atoms with Gasteiger partial charge in [-0.25, -0.2) is 9.07 Å².